The van der Waals surface area contributed by atoms with Crippen LogP contribution in [-0.4, -0.2) is 7.11 Å². The summed E-state index contributed by atoms with van der Waals surface area (Å²) in [6.07, 6.45) is 0. The Balaban J connectivity index is 2.02. The summed E-state index contributed by atoms with van der Waals surface area (Å²) < 4.78 is 5.23. The first kappa shape index (κ1) is 13.0. The van der Waals surface area contributed by atoms with E-state index in [1.54, 1.807) is 7.11 Å². The summed E-state index contributed by atoms with van der Waals surface area (Å²) in [5.74, 6) is 0.893. The molecule has 1 N–H and O–H groups in total. The van der Waals surface area contributed by atoms with E-state index in [2.05, 4.69) is 17.5 Å². The molecule has 0 atom stereocenters. The predicted molar refractivity (Wildman–Crippen MR) is 76.2 cm³/mol. The third-order valence-electron chi connectivity index (χ3n) is 2.97. The van der Waals surface area contributed by atoms with E-state index in [0.717, 1.165) is 29.1 Å². The second kappa shape index (κ2) is 5.92. The van der Waals surface area contributed by atoms with Crippen molar-refractivity contribution < 1.29 is 4.74 Å². The van der Waals surface area contributed by atoms with Crippen LogP contribution in [0.15, 0.2) is 42.5 Å². The van der Waals surface area contributed by atoms with Gasteiger partial charge in [-0.25, -0.2) is 0 Å². The molecule has 0 saturated heterocycles. The fourth-order valence-electron chi connectivity index (χ4n) is 1.89. The highest BCUT2D eigenvalue weighted by atomic mass is 16.5. The van der Waals surface area contributed by atoms with Crippen LogP contribution in [0, 0.1) is 18.3 Å². The molecule has 2 aromatic rings. The minimum atomic E-state index is 0.684. The predicted octanol–water partition coefficient (Wildman–Crippen LogP) is 3.49. The summed E-state index contributed by atoms with van der Waals surface area (Å²) in [4.78, 5) is 0. The summed E-state index contributed by atoms with van der Waals surface area (Å²) >= 11 is 0. The fraction of sp³-hybridized carbons (Fsp3) is 0.188. The van der Waals surface area contributed by atoms with Crippen LogP contribution < -0.4 is 10.1 Å². The van der Waals surface area contributed by atoms with Crippen LogP contribution in [0.25, 0.3) is 0 Å². The Morgan fingerprint density at radius 3 is 2.47 bits per heavy atom. The van der Waals surface area contributed by atoms with Gasteiger partial charge in [-0.15, -0.1) is 0 Å². The van der Waals surface area contributed by atoms with Crippen LogP contribution in [-0.2, 0) is 6.54 Å². The molecule has 2 aromatic carbocycles. The standard InChI is InChI=1S/C16H16N2O/c1-12-9-15(7-8-16(12)19-2)18-11-14-5-3-13(10-17)4-6-14/h3-9,18H,11H2,1-2H3. The number of rotatable bonds is 4. The third kappa shape index (κ3) is 3.26. The second-order valence-electron chi connectivity index (χ2n) is 4.35. The average molecular weight is 252 g/mol. The van der Waals surface area contributed by atoms with Gasteiger partial charge in [0, 0.05) is 12.2 Å². The molecule has 96 valence electrons. The highest BCUT2D eigenvalue weighted by Crippen LogP contribution is 2.21. The Morgan fingerprint density at radius 2 is 1.89 bits per heavy atom. The van der Waals surface area contributed by atoms with E-state index in [0.29, 0.717) is 5.56 Å². The van der Waals surface area contributed by atoms with Crippen molar-refractivity contribution in [2.75, 3.05) is 12.4 Å². The maximum Gasteiger partial charge on any atom is 0.121 e. The number of benzene rings is 2. The van der Waals surface area contributed by atoms with Crippen molar-refractivity contribution >= 4 is 5.69 Å². The van der Waals surface area contributed by atoms with Crippen LogP contribution in [0.1, 0.15) is 16.7 Å². The van der Waals surface area contributed by atoms with Crippen molar-refractivity contribution in [3.05, 3.63) is 59.2 Å². The van der Waals surface area contributed by atoms with E-state index in [9.17, 15) is 0 Å². The molecule has 0 aromatic heterocycles. The molecule has 2 rings (SSSR count). The number of nitriles is 1. The normalized spacial score (nSPS) is 9.74. The van der Waals surface area contributed by atoms with Gasteiger partial charge in [-0.2, -0.15) is 5.26 Å². The van der Waals surface area contributed by atoms with Gasteiger partial charge in [0.25, 0.3) is 0 Å². The molecule has 0 bridgehead atoms. The lowest BCUT2D eigenvalue weighted by Crippen LogP contribution is -2.00. The lowest BCUT2D eigenvalue weighted by molar-refractivity contribution is 0.412. The van der Waals surface area contributed by atoms with E-state index < -0.39 is 0 Å². The van der Waals surface area contributed by atoms with Crippen LogP contribution in [0.4, 0.5) is 5.69 Å². The van der Waals surface area contributed by atoms with Crippen LogP contribution in [0.5, 0.6) is 5.75 Å². The SMILES string of the molecule is COc1ccc(NCc2ccc(C#N)cc2)cc1C. The van der Waals surface area contributed by atoms with Gasteiger partial charge in [0.2, 0.25) is 0 Å². The smallest absolute Gasteiger partial charge is 0.121 e. The maximum atomic E-state index is 8.74. The molecule has 0 saturated carbocycles. The van der Waals surface area contributed by atoms with Crippen molar-refractivity contribution in [2.24, 2.45) is 0 Å². The molecule has 0 amide bonds. The maximum absolute atomic E-state index is 8.74. The summed E-state index contributed by atoms with van der Waals surface area (Å²) in [5.41, 5.74) is 3.99. The molecule has 0 heterocycles. The first-order valence-corrected chi connectivity index (χ1v) is 6.10. The summed E-state index contributed by atoms with van der Waals surface area (Å²) in [5, 5.41) is 12.1. The molecule has 0 spiro atoms. The number of anilines is 1. The van der Waals surface area contributed by atoms with Gasteiger partial charge in [0.05, 0.1) is 18.7 Å². The number of hydrogen-bond donors (Lipinski definition) is 1. The largest absolute Gasteiger partial charge is 0.496 e. The third-order valence-corrected chi connectivity index (χ3v) is 2.97. The van der Waals surface area contributed by atoms with Crippen LogP contribution in [0.3, 0.4) is 0 Å². The van der Waals surface area contributed by atoms with Gasteiger partial charge in [-0.1, -0.05) is 12.1 Å². The highest BCUT2D eigenvalue weighted by Gasteiger charge is 2.00. The highest BCUT2D eigenvalue weighted by molar-refractivity contribution is 5.51. The first-order chi connectivity index (χ1) is 9.22. The topological polar surface area (TPSA) is 45.0 Å². The molecule has 0 fully saturated rings. The quantitative estimate of drug-likeness (QED) is 0.906. The van der Waals surface area contributed by atoms with E-state index in [1.165, 1.54) is 0 Å². The molecule has 0 unspecified atom stereocenters. The number of ether oxygens (including phenoxy) is 1. The Morgan fingerprint density at radius 1 is 1.16 bits per heavy atom. The van der Waals surface area contributed by atoms with Gasteiger partial charge in [0.1, 0.15) is 5.75 Å². The molecule has 0 aliphatic rings. The number of nitrogens with zero attached hydrogens (tertiary/aromatic N) is 1. The Bertz CT molecular complexity index is 597. The van der Waals surface area contributed by atoms with Crippen molar-refractivity contribution in [1.29, 1.82) is 5.26 Å². The molecular weight excluding hydrogens is 236 g/mol. The Labute approximate surface area is 113 Å². The van der Waals surface area contributed by atoms with E-state index in [-0.39, 0.29) is 0 Å². The summed E-state index contributed by atoms with van der Waals surface area (Å²) in [6, 6.07) is 15.7. The van der Waals surface area contributed by atoms with Crippen molar-refractivity contribution in [3.8, 4) is 11.8 Å². The lowest BCUT2D eigenvalue weighted by atomic mass is 10.1. The monoisotopic (exact) mass is 252 g/mol. The van der Waals surface area contributed by atoms with Gasteiger partial charge < -0.3 is 10.1 Å². The van der Waals surface area contributed by atoms with E-state index in [1.807, 2.05) is 43.3 Å². The first-order valence-electron chi connectivity index (χ1n) is 6.10. The molecule has 0 radical (unpaired) electrons. The Kier molecular flexibility index (Phi) is 4.04. The summed E-state index contributed by atoms with van der Waals surface area (Å²) in [7, 11) is 1.67. The van der Waals surface area contributed by atoms with Gasteiger partial charge in [0.15, 0.2) is 0 Å². The average Bonchev–Trinajstić information content (AvgIpc) is 2.46. The van der Waals surface area contributed by atoms with Crippen molar-refractivity contribution in [2.45, 2.75) is 13.5 Å². The Hall–Kier alpha value is -2.47. The molecule has 19 heavy (non-hydrogen) atoms. The zero-order chi connectivity index (χ0) is 13.7. The van der Waals surface area contributed by atoms with Crippen LogP contribution in [0.2, 0.25) is 0 Å². The number of nitrogens with one attached hydrogen (secondary N) is 1. The zero-order valence-corrected chi connectivity index (χ0v) is 11.1. The number of methoxy groups -OCH3 is 1. The van der Waals surface area contributed by atoms with E-state index >= 15 is 0 Å². The van der Waals surface area contributed by atoms with E-state index in [4.69, 9.17) is 10.00 Å². The molecular formula is C16H16N2O. The van der Waals surface area contributed by atoms with Crippen LogP contribution >= 0.6 is 0 Å². The molecule has 0 aliphatic heterocycles. The van der Waals surface area contributed by atoms with Crippen molar-refractivity contribution in [1.82, 2.24) is 0 Å². The molecule has 3 nitrogen and oxygen atoms in total. The van der Waals surface area contributed by atoms with Crippen molar-refractivity contribution in [3.63, 3.8) is 0 Å². The fourth-order valence-corrected chi connectivity index (χ4v) is 1.89. The molecule has 3 heteroatoms. The van der Waals surface area contributed by atoms with Gasteiger partial charge in [-0.3, -0.25) is 0 Å². The minimum absolute atomic E-state index is 0.684. The minimum Gasteiger partial charge on any atom is -0.496 e. The second-order valence-corrected chi connectivity index (χ2v) is 4.35. The number of hydrogen-bond acceptors (Lipinski definition) is 3. The van der Waals surface area contributed by atoms with Gasteiger partial charge >= 0.3 is 0 Å². The molecule has 0 aliphatic carbocycles. The van der Waals surface area contributed by atoms with Gasteiger partial charge in [-0.05, 0) is 48.4 Å². The summed E-state index contributed by atoms with van der Waals surface area (Å²) in [6.45, 7) is 2.75. The number of aryl methyl sites for hydroxylation is 1. The zero-order valence-electron chi connectivity index (χ0n) is 11.1. The lowest BCUT2D eigenvalue weighted by Gasteiger charge is -2.10.